The van der Waals surface area contributed by atoms with E-state index >= 15 is 0 Å². The van der Waals surface area contributed by atoms with Gasteiger partial charge >= 0.3 is 0 Å². The summed E-state index contributed by atoms with van der Waals surface area (Å²) < 4.78 is 0. The van der Waals surface area contributed by atoms with Crippen LogP contribution in [0.5, 0.6) is 0 Å². The molecule has 18 heavy (non-hydrogen) atoms. The van der Waals surface area contributed by atoms with Crippen molar-refractivity contribution >= 4 is 5.78 Å². The van der Waals surface area contributed by atoms with Crippen LogP contribution in [0.3, 0.4) is 0 Å². The van der Waals surface area contributed by atoms with E-state index in [0.29, 0.717) is 11.7 Å². The molecule has 0 bridgehead atoms. The Balaban J connectivity index is 2.18. The van der Waals surface area contributed by atoms with Crippen molar-refractivity contribution in [1.29, 1.82) is 0 Å². The Labute approximate surface area is 110 Å². The Bertz CT molecular complexity index is 415. The molecule has 1 aliphatic rings. The minimum absolute atomic E-state index is 0.131. The molecule has 1 aromatic rings. The standard InChI is InChI=1S/C16H23NO/c1-12(2)13-5-7-14(8-6-13)15(18)16(11-17-3)9-4-10-16/h5-8,12,17H,4,9-11H2,1-3H3. The van der Waals surface area contributed by atoms with Crippen LogP contribution in [0, 0.1) is 5.41 Å². The van der Waals surface area contributed by atoms with Crippen LogP contribution in [0.25, 0.3) is 0 Å². The van der Waals surface area contributed by atoms with Crippen molar-refractivity contribution in [3.05, 3.63) is 35.4 Å². The summed E-state index contributed by atoms with van der Waals surface area (Å²) in [6.45, 7) is 5.15. The molecule has 0 saturated heterocycles. The molecule has 1 aromatic carbocycles. The van der Waals surface area contributed by atoms with Gasteiger partial charge in [0.15, 0.2) is 5.78 Å². The van der Waals surface area contributed by atoms with Crippen LogP contribution in [0.2, 0.25) is 0 Å². The lowest BCUT2D eigenvalue weighted by atomic mass is 9.64. The first-order chi connectivity index (χ1) is 8.59. The summed E-state index contributed by atoms with van der Waals surface area (Å²) in [6, 6.07) is 8.16. The van der Waals surface area contributed by atoms with E-state index in [-0.39, 0.29) is 5.41 Å². The Morgan fingerprint density at radius 3 is 2.28 bits per heavy atom. The summed E-state index contributed by atoms with van der Waals surface area (Å²) in [7, 11) is 1.93. The van der Waals surface area contributed by atoms with E-state index in [1.807, 2.05) is 19.2 Å². The van der Waals surface area contributed by atoms with Crippen molar-refractivity contribution in [2.45, 2.75) is 39.0 Å². The number of hydrogen-bond donors (Lipinski definition) is 1. The highest BCUT2D eigenvalue weighted by atomic mass is 16.1. The molecule has 0 aromatic heterocycles. The molecule has 1 aliphatic carbocycles. The number of rotatable bonds is 5. The largest absolute Gasteiger partial charge is 0.319 e. The quantitative estimate of drug-likeness (QED) is 0.806. The first-order valence-electron chi connectivity index (χ1n) is 6.88. The number of nitrogens with one attached hydrogen (secondary N) is 1. The molecular formula is C16H23NO. The highest BCUT2D eigenvalue weighted by molar-refractivity contribution is 6.01. The maximum atomic E-state index is 12.6. The molecule has 1 saturated carbocycles. The maximum Gasteiger partial charge on any atom is 0.170 e. The van der Waals surface area contributed by atoms with E-state index < -0.39 is 0 Å². The number of hydrogen-bond acceptors (Lipinski definition) is 2. The zero-order chi connectivity index (χ0) is 13.2. The number of Topliss-reactive ketones (excluding diaryl/α,β-unsaturated/α-hetero) is 1. The molecule has 0 atom stereocenters. The van der Waals surface area contributed by atoms with Crippen molar-refractivity contribution in [2.24, 2.45) is 5.41 Å². The zero-order valence-electron chi connectivity index (χ0n) is 11.6. The fraction of sp³-hybridized carbons (Fsp3) is 0.562. The first kappa shape index (κ1) is 13.3. The lowest BCUT2D eigenvalue weighted by molar-refractivity contribution is 0.0614. The Morgan fingerprint density at radius 2 is 1.89 bits per heavy atom. The average molecular weight is 245 g/mol. The third kappa shape index (κ3) is 2.35. The lowest BCUT2D eigenvalue weighted by Crippen LogP contribution is -2.45. The third-order valence-electron chi connectivity index (χ3n) is 4.15. The molecule has 98 valence electrons. The second kappa shape index (κ2) is 5.23. The topological polar surface area (TPSA) is 29.1 Å². The molecule has 1 N–H and O–H groups in total. The van der Waals surface area contributed by atoms with Gasteiger partial charge in [0.05, 0.1) is 0 Å². The number of benzene rings is 1. The maximum absolute atomic E-state index is 12.6. The van der Waals surface area contributed by atoms with Crippen LogP contribution in [0.15, 0.2) is 24.3 Å². The Kier molecular flexibility index (Phi) is 3.86. The van der Waals surface area contributed by atoms with Gasteiger partial charge in [-0.25, -0.2) is 0 Å². The van der Waals surface area contributed by atoms with Gasteiger partial charge < -0.3 is 5.32 Å². The van der Waals surface area contributed by atoms with Gasteiger partial charge in [0.1, 0.15) is 0 Å². The van der Waals surface area contributed by atoms with Gasteiger partial charge in [0.2, 0.25) is 0 Å². The number of carbonyl (C=O) groups is 1. The summed E-state index contributed by atoms with van der Waals surface area (Å²) in [5, 5.41) is 3.17. The van der Waals surface area contributed by atoms with Crippen molar-refractivity contribution in [3.63, 3.8) is 0 Å². The highest BCUT2D eigenvalue weighted by Gasteiger charge is 2.43. The van der Waals surface area contributed by atoms with E-state index in [1.54, 1.807) is 0 Å². The minimum atomic E-state index is -0.131. The molecule has 0 radical (unpaired) electrons. The molecule has 0 heterocycles. The predicted octanol–water partition coefficient (Wildman–Crippen LogP) is 3.38. The van der Waals surface area contributed by atoms with Crippen molar-refractivity contribution in [1.82, 2.24) is 5.32 Å². The van der Waals surface area contributed by atoms with Crippen LogP contribution in [-0.4, -0.2) is 19.4 Å². The van der Waals surface area contributed by atoms with Gasteiger partial charge in [-0.2, -0.15) is 0 Å². The molecule has 2 nitrogen and oxygen atoms in total. The van der Waals surface area contributed by atoms with E-state index in [9.17, 15) is 4.79 Å². The van der Waals surface area contributed by atoms with Crippen LogP contribution in [0.1, 0.15) is 54.9 Å². The molecule has 2 heteroatoms. The van der Waals surface area contributed by atoms with Gasteiger partial charge in [-0.15, -0.1) is 0 Å². The van der Waals surface area contributed by atoms with E-state index in [4.69, 9.17) is 0 Å². The first-order valence-corrected chi connectivity index (χ1v) is 6.88. The molecule has 0 aliphatic heterocycles. The van der Waals surface area contributed by atoms with Gasteiger partial charge in [-0.3, -0.25) is 4.79 Å². The summed E-state index contributed by atoms with van der Waals surface area (Å²) >= 11 is 0. The second-order valence-electron chi connectivity index (χ2n) is 5.77. The van der Waals surface area contributed by atoms with E-state index in [2.05, 4.69) is 31.3 Å². The van der Waals surface area contributed by atoms with E-state index in [1.165, 1.54) is 12.0 Å². The third-order valence-corrected chi connectivity index (χ3v) is 4.15. The fourth-order valence-electron chi connectivity index (χ4n) is 2.75. The van der Waals surface area contributed by atoms with Gasteiger partial charge in [0, 0.05) is 17.5 Å². The molecule has 0 unspecified atom stereocenters. The van der Waals surface area contributed by atoms with Gasteiger partial charge in [-0.1, -0.05) is 44.5 Å². The van der Waals surface area contributed by atoms with Crippen molar-refractivity contribution < 1.29 is 4.79 Å². The van der Waals surface area contributed by atoms with Gasteiger partial charge in [-0.05, 0) is 31.4 Å². The van der Waals surface area contributed by atoms with Crippen LogP contribution >= 0.6 is 0 Å². The second-order valence-corrected chi connectivity index (χ2v) is 5.77. The van der Waals surface area contributed by atoms with Crippen molar-refractivity contribution in [3.8, 4) is 0 Å². The fourth-order valence-corrected chi connectivity index (χ4v) is 2.75. The predicted molar refractivity (Wildman–Crippen MR) is 75.1 cm³/mol. The molecule has 0 spiro atoms. The number of ketones is 1. The summed E-state index contributed by atoms with van der Waals surface area (Å²) in [6.07, 6.45) is 3.23. The smallest absolute Gasteiger partial charge is 0.170 e. The van der Waals surface area contributed by atoms with Crippen LogP contribution < -0.4 is 5.32 Å². The van der Waals surface area contributed by atoms with Crippen molar-refractivity contribution in [2.75, 3.05) is 13.6 Å². The van der Waals surface area contributed by atoms with Gasteiger partial charge in [0.25, 0.3) is 0 Å². The average Bonchev–Trinajstić information content (AvgIpc) is 2.33. The monoisotopic (exact) mass is 245 g/mol. The van der Waals surface area contributed by atoms with Crippen LogP contribution in [0.4, 0.5) is 0 Å². The summed E-state index contributed by atoms with van der Waals surface area (Å²) in [5.74, 6) is 0.836. The molecular weight excluding hydrogens is 222 g/mol. The number of carbonyl (C=O) groups excluding carboxylic acids is 1. The zero-order valence-corrected chi connectivity index (χ0v) is 11.6. The Morgan fingerprint density at radius 1 is 1.28 bits per heavy atom. The van der Waals surface area contributed by atoms with E-state index in [0.717, 1.165) is 24.9 Å². The Hall–Kier alpha value is -1.15. The molecule has 1 fully saturated rings. The minimum Gasteiger partial charge on any atom is -0.319 e. The normalized spacial score (nSPS) is 17.6. The molecule has 0 amide bonds. The highest BCUT2D eigenvalue weighted by Crippen LogP contribution is 2.43. The van der Waals surface area contributed by atoms with Crippen LogP contribution in [-0.2, 0) is 0 Å². The molecule has 2 rings (SSSR count). The SMILES string of the molecule is CNCC1(C(=O)c2ccc(C(C)C)cc2)CCC1. The lowest BCUT2D eigenvalue weighted by Gasteiger charge is -2.40. The summed E-state index contributed by atoms with van der Waals surface area (Å²) in [5.41, 5.74) is 2.03. The summed E-state index contributed by atoms with van der Waals surface area (Å²) in [4.78, 5) is 12.6.